The number of hydrogen-bond donors (Lipinski definition) is 0. The van der Waals surface area contributed by atoms with E-state index in [-0.39, 0.29) is 24.1 Å². The Kier molecular flexibility index (Phi) is 7.39. The summed E-state index contributed by atoms with van der Waals surface area (Å²) < 4.78 is 21.2. The van der Waals surface area contributed by atoms with E-state index in [1.807, 2.05) is 6.92 Å². The average molecular weight is 406 g/mol. The molecule has 0 radical (unpaired) electrons. The molecule has 0 amide bonds. The highest BCUT2D eigenvalue weighted by Gasteiger charge is 2.57. The number of cyclic esters (lactones) is 2. The van der Waals surface area contributed by atoms with Crippen LogP contribution in [0.25, 0.3) is 0 Å². The lowest BCUT2D eigenvalue weighted by Gasteiger charge is -2.17. The Morgan fingerprint density at radius 1 is 0.966 bits per heavy atom. The van der Waals surface area contributed by atoms with E-state index >= 15 is 0 Å². The van der Waals surface area contributed by atoms with Crippen molar-refractivity contribution < 1.29 is 42.9 Å². The highest BCUT2D eigenvalue weighted by atomic mass is 16.6. The summed E-state index contributed by atoms with van der Waals surface area (Å²) in [6.45, 7) is 9.27. The SMILES string of the molecule is C=CC1OC(/C=C\C2OC(C=C)C3C(=O)OC(=O)C23)C(C(=O)OC)C1C.O=C=O. The molecule has 3 fully saturated rings. The van der Waals surface area contributed by atoms with Gasteiger partial charge in [-0.05, 0) is 0 Å². The van der Waals surface area contributed by atoms with Crippen LogP contribution in [0.4, 0.5) is 0 Å². The smallest absolute Gasteiger partial charge is 0.373 e. The Morgan fingerprint density at radius 2 is 1.45 bits per heavy atom. The van der Waals surface area contributed by atoms with Crippen molar-refractivity contribution in [3.8, 4) is 0 Å². The molecule has 3 aliphatic rings. The lowest BCUT2D eigenvalue weighted by Crippen LogP contribution is -2.29. The summed E-state index contributed by atoms with van der Waals surface area (Å²) >= 11 is 0. The van der Waals surface area contributed by atoms with Gasteiger partial charge in [0.1, 0.15) is 11.8 Å². The zero-order valence-corrected chi connectivity index (χ0v) is 16.0. The van der Waals surface area contributed by atoms with E-state index in [2.05, 4.69) is 13.2 Å². The molecule has 0 aromatic rings. The average Bonchev–Trinajstić information content (AvgIpc) is 3.32. The largest absolute Gasteiger partial charge is 0.469 e. The molecule has 0 saturated carbocycles. The summed E-state index contributed by atoms with van der Waals surface area (Å²) in [5.41, 5.74) is 0. The van der Waals surface area contributed by atoms with Crippen LogP contribution in [0.15, 0.2) is 37.5 Å². The van der Waals surface area contributed by atoms with Crippen molar-refractivity contribution in [2.24, 2.45) is 23.7 Å². The molecule has 0 aliphatic carbocycles. The van der Waals surface area contributed by atoms with Gasteiger partial charge in [-0.25, -0.2) is 0 Å². The monoisotopic (exact) mass is 406 g/mol. The predicted molar refractivity (Wildman–Crippen MR) is 94.6 cm³/mol. The van der Waals surface area contributed by atoms with Gasteiger partial charge in [-0.3, -0.25) is 14.4 Å². The molecule has 0 bridgehead atoms. The number of rotatable bonds is 5. The molecule has 0 N–H and O–H groups in total. The van der Waals surface area contributed by atoms with Gasteiger partial charge in [0.05, 0.1) is 37.4 Å². The summed E-state index contributed by atoms with van der Waals surface area (Å²) in [5, 5.41) is 0. The highest BCUT2D eigenvalue weighted by Crippen LogP contribution is 2.41. The number of carbonyl (C=O) groups is 3. The first-order valence-corrected chi connectivity index (χ1v) is 8.91. The van der Waals surface area contributed by atoms with E-state index < -0.39 is 48.0 Å². The second kappa shape index (κ2) is 9.56. The van der Waals surface area contributed by atoms with Gasteiger partial charge in [0.25, 0.3) is 0 Å². The molecule has 3 aliphatic heterocycles. The van der Waals surface area contributed by atoms with E-state index in [9.17, 15) is 14.4 Å². The van der Waals surface area contributed by atoms with Crippen LogP contribution in [-0.4, -0.2) is 55.6 Å². The van der Waals surface area contributed by atoms with Gasteiger partial charge in [0.2, 0.25) is 0 Å². The Bertz CT molecular complexity index is 749. The second-order valence-corrected chi connectivity index (χ2v) is 6.77. The van der Waals surface area contributed by atoms with Crippen molar-refractivity contribution in [2.45, 2.75) is 31.3 Å². The molecule has 3 saturated heterocycles. The highest BCUT2D eigenvalue weighted by molar-refractivity contribution is 5.98. The number of esters is 3. The van der Waals surface area contributed by atoms with Crippen LogP contribution in [0.5, 0.6) is 0 Å². The van der Waals surface area contributed by atoms with Gasteiger partial charge in [-0.15, -0.1) is 13.2 Å². The van der Waals surface area contributed by atoms with E-state index in [4.69, 9.17) is 28.5 Å². The molecule has 0 aromatic heterocycles. The minimum atomic E-state index is -0.715. The number of hydrogen-bond acceptors (Lipinski definition) is 9. The van der Waals surface area contributed by atoms with E-state index in [1.54, 1.807) is 18.2 Å². The van der Waals surface area contributed by atoms with Crippen molar-refractivity contribution in [2.75, 3.05) is 7.11 Å². The molecule has 8 atom stereocenters. The molecule has 3 rings (SSSR count). The predicted octanol–water partition coefficient (Wildman–Crippen LogP) is 0.607. The summed E-state index contributed by atoms with van der Waals surface area (Å²) in [5.74, 6) is -3.57. The first-order chi connectivity index (χ1) is 13.8. The topological polar surface area (TPSA) is 122 Å². The van der Waals surface area contributed by atoms with Crippen LogP contribution in [0.2, 0.25) is 0 Å². The summed E-state index contributed by atoms with van der Waals surface area (Å²) in [6.07, 6.45) is 4.66. The van der Waals surface area contributed by atoms with Gasteiger partial charge in [-0.2, -0.15) is 9.59 Å². The summed E-state index contributed by atoms with van der Waals surface area (Å²) in [7, 11) is 1.33. The van der Waals surface area contributed by atoms with Gasteiger partial charge >= 0.3 is 24.1 Å². The van der Waals surface area contributed by atoms with Gasteiger partial charge < -0.3 is 18.9 Å². The Balaban J connectivity index is 0.000000941. The Morgan fingerprint density at radius 3 is 1.97 bits per heavy atom. The quantitative estimate of drug-likeness (QED) is 0.367. The van der Waals surface area contributed by atoms with Crippen molar-refractivity contribution in [1.29, 1.82) is 0 Å². The molecule has 29 heavy (non-hydrogen) atoms. The van der Waals surface area contributed by atoms with Gasteiger partial charge in [-0.1, -0.05) is 31.2 Å². The van der Waals surface area contributed by atoms with Crippen molar-refractivity contribution >= 4 is 24.1 Å². The minimum Gasteiger partial charge on any atom is -0.469 e. The van der Waals surface area contributed by atoms with Crippen LogP contribution in [0.3, 0.4) is 0 Å². The van der Waals surface area contributed by atoms with Crippen molar-refractivity contribution in [3.63, 3.8) is 0 Å². The molecule has 9 nitrogen and oxygen atoms in total. The third-order valence-electron chi connectivity index (χ3n) is 5.34. The van der Waals surface area contributed by atoms with E-state index in [0.717, 1.165) is 0 Å². The summed E-state index contributed by atoms with van der Waals surface area (Å²) in [6, 6.07) is 0. The molecule has 0 spiro atoms. The fraction of sp³-hybridized carbons (Fsp3) is 0.500. The molecule has 0 aromatic carbocycles. The molecular formula is C20H22O9. The van der Waals surface area contributed by atoms with Crippen LogP contribution in [0.1, 0.15) is 6.92 Å². The lowest BCUT2D eigenvalue weighted by atomic mass is 9.87. The molecule has 8 unspecified atom stereocenters. The number of fused-ring (bicyclic) bond motifs is 1. The number of carbonyl (C=O) groups excluding carboxylic acids is 5. The molecular weight excluding hydrogens is 384 g/mol. The molecule has 9 heteroatoms. The Labute approximate surface area is 167 Å². The summed E-state index contributed by atoms with van der Waals surface area (Å²) in [4.78, 5) is 52.2. The normalized spacial score (nSPS) is 37.9. The maximum Gasteiger partial charge on any atom is 0.373 e. The van der Waals surface area contributed by atoms with Crippen molar-refractivity contribution in [1.82, 2.24) is 0 Å². The molecule has 156 valence electrons. The van der Waals surface area contributed by atoms with Crippen LogP contribution < -0.4 is 0 Å². The standard InChI is InChI=1S/C19H22O7.CO2/c1-5-10-9(3)14(17(20)23-4)12(24-10)7-8-13-16-15(11(6-2)25-13)18(21)26-19(16)22;2-1-3/h5-16H,1-2H2,3-4H3;/b8-7-;. The third-order valence-corrected chi connectivity index (χ3v) is 5.34. The van der Waals surface area contributed by atoms with Crippen LogP contribution >= 0.6 is 0 Å². The minimum absolute atomic E-state index is 0.106. The first kappa shape index (κ1) is 22.4. The fourth-order valence-electron chi connectivity index (χ4n) is 3.96. The van der Waals surface area contributed by atoms with Gasteiger partial charge in [0, 0.05) is 5.92 Å². The second-order valence-electron chi connectivity index (χ2n) is 6.77. The lowest BCUT2D eigenvalue weighted by molar-refractivity contribution is -0.191. The number of methoxy groups -OCH3 is 1. The zero-order chi connectivity index (χ0) is 21.7. The van der Waals surface area contributed by atoms with E-state index in [0.29, 0.717) is 0 Å². The molecule has 3 heterocycles. The first-order valence-electron chi connectivity index (χ1n) is 8.91. The Hall–Kier alpha value is -2.87. The fourth-order valence-corrected chi connectivity index (χ4v) is 3.96. The van der Waals surface area contributed by atoms with E-state index in [1.165, 1.54) is 13.2 Å². The third kappa shape index (κ3) is 4.27. The number of ether oxygens (including phenoxy) is 4. The van der Waals surface area contributed by atoms with Crippen molar-refractivity contribution in [3.05, 3.63) is 37.5 Å². The van der Waals surface area contributed by atoms with Crippen LogP contribution in [0, 0.1) is 23.7 Å². The zero-order valence-electron chi connectivity index (χ0n) is 16.0. The maximum atomic E-state index is 12.1. The van der Waals surface area contributed by atoms with Crippen LogP contribution in [-0.2, 0) is 42.9 Å². The van der Waals surface area contributed by atoms with Gasteiger partial charge in [0.15, 0.2) is 0 Å². The maximum absolute atomic E-state index is 12.1.